The Hall–Kier alpha value is -4.07. The van der Waals surface area contributed by atoms with Gasteiger partial charge in [0.05, 0.1) is 31.0 Å². The lowest BCUT2D eigenvalue weighted by Crippen LogP contribution is -2.29. The van der Waals surface area contributed by atoms with Crippen LogP contribution in [0.15, 0.2) is 64.6 Å². The number of aryl methyl sites for hydroxylation is 1. The molecule has 1 atom stereocenters. The second kappa shape index (κ2) is 8.22. The second-order valence-corrected chi connectivity index (χ2v) is 7.13. The molecule has 2 aromatic carbocycles. The van der Waals surface area contributed by atoms with Crippen molar-refractivity contribution >= 4 is 23.1 Å². The van der Waals surface area contributed by atoms with Crippen LogP contribution >= 0.6 is 0 Å². The summed E-state index contributed by atoms with van der Waals surface area (Å²) in [5, 5.41) is 11.1. The number of hydrogen-bond donors (Lipinski definition) is 1. The largest absolute Gasteiger partial charge is 0.507 e. The van der Waals surface area contributed by atoms with Crippen LogP contribution in [0.2, 0.25) is 0 Å². The number of methoxy groups -OCH3 is 2. The SMILES string of the molecule is COc1ccc(F)cc1/C(O)=C1\C(=O)C(=O)N(c2ccccc2OC)C1c1ccc(C)o1. The minimum absolute atomic E-state index is 0.0567. The van der Waals surface area contributed by atoms with Gasteiger partial charge in [-0.25, -0.2) is 4.39 Å². The number of ketones is 1. The summed E-state index contributed by atoms with van der Waals surface area (Å²) < 4.78 is 30.3. The number of amides is 1. The third-order valence-electron chi connectivity index (χ3n) is 5.24. The Morgan fingerprint density at radius 2 is 1.75 bits per heavy atom. The fraction of sp³-hybridized carbons (Fsp3) is 0.167. The Morgan fingerprint density at radius 1 is 1.03 bits per heavy atom. The molecule has 1 aliphatic heterocycles. The number of carbonyl (C=O) groups excluding carboxylic acids is 2. The van der Waals surface area contributed by atoms with Gasteiger partial charge in [-0.15, -0.1) is 0 Å². The Morgan fingerprint density at radius 3 is 2.41 bits per heavy atom. The quantitative estimate of drug-likeness (QED) is 0.362. The summed E-state index contributed by atoms with van der Waals surface area (Å²) in [7, 11) is 2.80. The number of hydrogen-bond acceptors (Lipinski definition) is 6. The van der Waals surface area contributed by atoms with Crippen molar-refractivity contribution in [2.75, 3.05) is 19.1 Å². The molecule has 1 aromatic heterocycles. The van der Waals surface area contributed by atoms with Crippen molar-refractivity contribution in [3.05, 3.63) is 83.1 Å². The lowest BCUT2D eigenvalue weighted by molar-refractivity contribution is -0.132. The summed E-state index contributed by atoms with van der Waals surface area (Å²) >= 11 is 0. The Bertz CT molecular complexity index is 1240. The molecule has 1 amide bonds. The maximum atomic E-state index is 14.0. The molecule has 0 bridgehead atoms. The molecule has 32 heavy (non-hydrogen) atoms. The van der Waals surface area contributed by atoms with Crippen LogP contribution in [0.3, 0.4) is 0 Å². The highest BCUT2D eigenvalue weighted by Crippen LogP contribution is 2.46. The normalized spacial score (nSPS) is 17.6. The number of Topliss-reactive ketones (excluding diaryl/α,β-unsaturated/α-hetero) is 1. The van der Waals surface area contributed by atoms with Gasteiger partial charge in [0.15, 0.2) is 0 Å². The van der Waals surface area contributed by atoms with Crippen molar-refractivity contribution < 1.29 is 33.0 Å². The second-order valence-electron chi connectivity index (χ2n) is 7.13. The molecular formula is C24H20FNO6. The Labute approximate surface area is 183 Å². The molecule has 4 rings (SSSR count). The standard InChI is InChI=1S/C24H20FNO6/c1-13-8-10-19(32-13)21-20(22(27)15-12-14(25)9-11-17(15)30-2)23(28)24(29)26(21)16-6-4-5-7-18(16)31-3/h4-12,21,27H,1-3H3/b22-20+. The van der Waals surface area contributed by atoms with E-state index < -0.39 is 29.3 Å². The number of aliphatic hydroxyl groups excluding tert-OH is 1. The number of anilines is 1. The number of halogens is 1. The first-order chi connectivity index (χ1) is 15.4. The smallest absolute Gasteiger partial charge is 0.300 e. The molecule has 3 aromatic rings. The molecule has 2 heterocycles. The van der Waals surface area contributed by atoms with Crippen molar-refractivity contribution in [1.82, 2.24) is 0 Å². The predicted octanol–water partition coefficient (Wildman–Crippen LogP) is 4.37. The zero-order chi connectivity index (χ0) is 23.0. The molecule has 0 aliphatic carbocycles. The molecule has 1 unspecified atom stereocenters. The Kier molecular flexibility index (Phi) is 5.44. The number of para-hydroxylation sites is 2. The molecule has 7 nitrogen and oxygen atoms in total. The van der Waals surface area contributed by atoms with E-state index in [0.29, 0.717) is 17.2 Å². The Balaban J connectivity index is 2.00. The summed E-state index contributed by atoms with van der Waals surface area (Å²) in [4.78, 5) is 27.5. The number of benzene rings is 2. The summed E-state index contributed by atoms with van der Waals surface area (Å²) in [5.41, 5.74) is 0.0133. The number of furan rings is 1. The highest BCUT2D eigenvalue weighted by atomic mass is 19.1. The van der Waals surface area contributed by atoms with E-state index in [4.69, 9.17) is 13.9 Å². The van der Waals surface area contributed by atoms with Crippen LogP contribution in [-0.2, 0) is 9.59 Å². The van der Waals surface area contributed by atoms with Gasteiger partial charge in [-0.05, 0) is 49.4 Å². The van der Waals surface area contributed by atoms with E-state index in [1.807, 2.05) is 0 Å². The maximum Gasteiger partial charge on any atom is 0.300 e. The van der Waals surface area contributed by atoms with Crippen LogP contribution in [0.4, 0.5) is 10.1 Å². The first kappa shape index (κ1) is 21.2. The molecule has 0 radical (unpaired) electrons. The molecule has 0 spiro atoms. The van der Waals surface area contributed by atoms with Gasteiger partial charge in [0.25, 0.3) is 11.7 Å². The van der Waals surface area contributed by atoms with E-state index >= 15 is 0 Å². The number of rotatable bonds is 5. The van der Waals surface area contributed by atoms with Crippen molar-refractivity contribution in [2.24, 2.45) is 0 Å². The van der Waals surface area contributed by atoms with Crippen LogP contribution < -0.4 is 14.4 Å². The zero-order valence-corrected chi connectivity index (χ0v) is 17.6. The van der Waals surface area contributed by atoms with Gasteiger partial charge in [-0.3, -0.25) is 14.5 Å². The third kappa shape index (κ3) is 3.39. The minimum atomic E-state index is -1.10. The molecule has 1 saturated heterocycles. The van der Waals surface area contributed by atoms with Crippen LogP contribution in [0.1, 0.15) is 23.1 Å². The van der Waals surface area contributed by atoms with E-state index in [1.165, 1.54) is 25.2 Å². The average Bonchev–Trinajstić information content (AvgIpc) is 3.34. The minimum Gasteiger partial charge on any atom is -0.507 e. The molecule has 164 valence electrons. The highest BCUT2D eigenvalue weighted by molar-refractivity contribution is 6.51. The van der Waals surface area contributed by atoms with Gasteiger partial charge < -0.3 is 19.0 Å². The van der Waals surface area contributed by atoms with E-state index in [9.17, 15) is 19.1 Å². The van der Waals surface area contributed by atoms with Gasteiger partial charge >= 0.3 is 0 Å². The molecule has 1 fully saturated rings. The number of ether oxygens (including phenoxy) is 2. The van der Waals surface area contributed by atoms with E-state index in [0.717, 1.165) is 12.1 Å². The van der Waals surface area contributed by atoms with E-state index in [-0.39, 0.29) is 22.6 Å². The zero-order valence-electron chi connectivity index (χ0n) is 17.6. The van der Waals surface area contributed by atoms with E-state index in [1.54, 1.807) is 43.3 Å². The highest BCUT2D eigenvalue weighted by Gasteiger charge is 2.49. The molecule has 1 N–H and O–H groups in total. The number of aliphatic hydroxyl groups is 1. The van der Waals surface area contributed by atoms with Crippen LogP contribution in [0.5, 0.6) is 11.5 Å². The summed E-state index contributed by atoms with van der Waals surface area (Å²) in [5.74, 6) is -1.75. The number of nitrogens with zero attached hydrogens (tertiary/aromatic N) is 1. The van der Waals surface area contributed by atoms with Crippen molar-refractivity contribution in [1.29, 1.82) is 0 Å². The van der Waals surface area contributed by atoms with Crippen LogP contribution in [0.25, 0.3) is 5.76 Å². The van der Waals surface area contributed by atoms with Gasteiger partial charge in [0.1, 0.15) is 40.6 Å². The van der Waals surface area contributed by atoms with Gasteiger partial charge in [0.2, 0.25) is 0 Å². The fourth-order valence-corrected chi connectivity index (χ4v) is 3.79. The van der Waals surface area contributed by atoms with Gasteiger partial charge in [-0.1, -0.05) is 12.1 Å². The summed E-state index contributed by atoms with van der Waals surface area (Å²) in [6, 6.07) is 12.4. The fourth-order valence-electron chi connectivity index (χ4n) is 3.79. The maximum absolute atomic E-state index is 14.0. The van der Waals surface area contributed by atoms with Crippen LogP contribution in [0, 0.1) is 12.7 Å². The predicted molar refractivity (Wildman–Crippen MR) is 114 cm³/mol. The molecular weight excluding hydrogens is 417 g/mol. The monoisotopic (exact) mass is 437 g/mol. The van der Waals surface area contributed by atoms with Crippen molar-refractivity contribution in [3.8, 4) is 11.5 Å². The molecule has 0 saturated carbocycles. The third-order valence-corrected chi connectivity index (χ3v) is 5.24. The molecule has 8 heteroatoms. The first-order valence-corrected chi connectivity index (χ1v) is 9.71. The lowest BCUT2D eigenvalue weighted by Gasteiger charge is -2.25. The molecule has 1 aliphatic rings. The van der Waals surface area contributed by atoms with Crippen molar-refractivity contribution in [3.63, 3.8) is 0 Å². The van der Waals surface area contributed by atoms with Crippen molar-refractivity contribution in [2.45, 2.75) is 13.0 Å². The summed E-state index contributed by atoms with van der Waals surface area (Å²) in [6.45, 7) is 1.72. The lowest BCUT2D eigenvalue weighted by atomic mass is 9.98. The summed E-state index contributed by atoms with van der Waals surface area (Å²) in [6.07, 6.45) is 0. The number of carbonyl (C=O) groups is 2. The topological polar surface area (TPSA) is 89.2 Å². The van der Waals surface area contributed by atoms with E-state index in [2.05, 4.69) is 0 Å². The van der Waals surface area contributed by atoms with Gasteiger partial charge in [-0.2, -0.15) is 0 Å². The average molecular weight is 437 g/mol. The van der Waals surface area contributed by atoms with Gasteiger partial charge in [0, 0.05) is 0 Å². The first-order valence-electron chi connectivity index (χ1n) is 9.71. The van der Waals surface area contributed by atoms with Crippen LogP contribution in [-0.4, -0.2) is 31.0 Å².